The number of rotatable bonds is 16. The van der Waals surface area contributed by atoms with Crippen molar-refractivity contribution in [2.45, 2.75) is 96.0 Å². The Hall–Kier alpha value is -3.51. The van der Waals surface area contributed by atoms with Crippen molar-refractivity contribution in [1.29, 1.82) is 0 Å². The van der Waals surface area contributed by atoms with Crippen LogP contribution in [0.4, 0.5) is 0 Å². The number of nitrogens with one attached hydrogen (secondary N) is 3. The second-order valence-corrected chi connectivity index (χ2v) is 11.0. The van der Waals surface area contributed by atoms with Gasteiger partial charge < -0.3 is 37.3 Å². The van der Waals surface area contributed by atoms with E-state index in [1.165, 1.54) is 0 Å². The van der Waals surface area contributed by atoms with Gasteiger partial charge in [0.2, 0.25) is 23.6 Å². The first-order valence-electron chi connectivity index (χ1n) is 14.3. The van der Waals surface area contributed by atoms with E-state index < -0.39 is 60.4 Å². The molecule has 1 aliphatic rings. The van der Waals surface area contributed by atoms with Gasteiger partial charge in [-0.05, 0) is 43.1 Å². The van der Waals surface area contributed by atoms with Crippen molar-refractivity contribution in [3.05, 3.63) is 35.9 Å². The molecule has 12 nitrogen and oxygen atoms in total. The van der Waals surface area contributed by atoms with Gasteiger partial charge in [-0.25, -0.2) is 4.79 Å². The maximum atomic E-state index is 13.1. The van der Waals surface area contributed by atoms with Crippen molar-refractivity contribution < 1.29 is 33.8 Å². The number of carbonyl (C=O) groups excluding carboxylic acids is 5. The Morgan fingerprint density at radius 3 is 2.07 bits per heavy atom. The van der Waals surface area contributed by atoms with Crippen LogP contribution in [-0.4, -0.2) is 65.5 Å². The molecule has 1 fully saturated rings. The number of benzene rings is 1. The molecule has 2 rings (SSSR count). The van der Waals surface area contributed by atoms with Gasteiger partial charge in [0.1, 0.15) is 24.7 Å². The zero-order valence-electron chi connectivity index (χ0n) is 24.0. The monoisotopic (exact) mass is 575 g/mol. The molecule has 1 aromatic carbocycles. The molecule has 1 aromatic rings. The fraction of sp³-hybridized carbons (Fsp3) is 0.621. The van der Waals surface area contributed by atoms with Gasteiger partial charge in [0.25, 0.3) is 0 Å². The van der Waals surface area contributed by atoms with E-state index >= 15 is 0 Å². The largest absolute Gasteiger partial charge is 0.459 e. The molecule has 0 saturated heterocycles. The Labute approximate surface area is 241 Å². The summed E-state index contributed by atoms with van der Waals surface area (Å²) in [5, 5.41) is 17.5. The molecule has 1 aliphatic carbocycles. The van der Waals surface area contributed by atoms with E-state index in [-0.39, 0.29) is 37.7 Å². The van der Waals surface area contributed by atoms with Crippen molar-refractivity contribution in [1.82, 2.24) is 16.0 Å². The summed E-state index contributed by atoms with van der Waals surface area (Å²) < 4.78 is 5.39. The molecular formula is C29H45N5O7. The van der Waals surface area contributed by atoms with Crippen LogP contribution in [0.15, 0.2) is 30.3 Å². The second kappa shape index (κ2) is 17.3. The van der Waals surface area contributed by atoms with E-state index in [9.17, 15) is 29.1 Å². The molecule has 8 N–H and O–H groups in total. The Balaban J connectivity index is 2.05. The number of aliphatic hydroxyl groups is 1. The third-order valence-corrected chi connectivity index (χ3v) is 7.12. The van der Waals surface area contributed by atoms with E-state index in [1.54, 1.807) is 12.1 Å². The number of primary amides is 1. The Kier molecular flexibility index (Phi) is 14.2. The fourth-order valence-electron chi connectivity index (χ4n) is 4.78. The zero-order chi connectivity index (χ0) is 30.4. The average molecular weight is 576 g/mol. The van der Waals surface area contributed by atoms with Gasteiger partial charge in [0, 0.05) is 6.42 Å². The van der Waals surface area contributed by atoms with Gasteiger partial charge in [-0.3, -0.25) is 19.2 Å². The summed E-state index contributed by atoms with van der Waals surface area (Å²) in [5.74, 6) is -3.45. The van der Waals surface area contributed by atoms with Crippen molar-refractivity contribution in [3.8, 4) is 0 Å². The third-order valence-electron chi connectivity index (χ3n) is 7.12. The maximum Gasteiger partial charge on any atom is 0.328 e. The molecular weight excluding hydrogens is 530 g/mol. The highest BCUT2D eigenvalue weighted by Crippen LogP contribution is 2.25. The summed E-state index contributed by atoms with van der Waals surface area (Å²) in [6.07, 6.45) is 4.60. The lowest BCUT2D eigenvalue weighted by Crippen LogP contribution is -2.58. The molecule has 0 heterocycles. The number of amides is 4. The molecule has 0 spiro atoms. The number of aliphatic hydroxyl groups excluding tert-OH is 1. The molecule has 3 unspecified atom stereocenters. The lowest BCUT2D eigenvalue weighted by Gasteiger charge is -2.29. The van der Waals surface area contributed by atoms with Crippen LogP contribution < -0.4 is 27.4 Å². The standard InChI is InChI=1S/C29H45N5O7/c1-18(2)15-22(29(40)41-17-19-9-5-3-6-10-19)33-27(38)23(16-35)34-26(37)21(13-14-24(30)36)32-28(39)25(31)20-11-7-4-8-12-20/h3,5-6,9-10,18,20-23,25,35H,4,7-8,11-17,31H2,1-2H3,(H2,30,36)(H,32,39)(H,33,38)(H,34,37)/t21?,22?,23?,25-/m0/s1. The minimum Gasteiger partial charge on any atom is -0.459 e. The van der Waals surface area contributed by atoms with Crippen LogP contribution in [-0.2, 0) is 35.3 Å². The van der Waals surface area contributed by atoms with E-state index in [0.29, 0.717) is 0 Å². The number of ether oxygens (including phenoxy) is 1. The molecule has 228 valence electrons. The summed E-state index contributed by atoms with van der Waals surface area (Å²) >= 11 is 0. The number of esters is 1. The van der Waals surface area contributed by atoms with Gasteiger partial charge in [-0.1, -0.05) is 63.4 Å². The van der Waals surface area contributed by atoms with Gasteiger partial charge in [-0.15, -0.1) is 0 Å². The lowest BCUT2D eigenvalue weighted by molar-refractivity contribution is -0.150. The first-order valence-corrected chi connectivity index (χ1v) is 14.3. The number of hydrogen-bond acceptors (Lipinski definition) is 8. The fourth-order valence-corrected chi connectivity index (χ4v) is 4.78. The SMILES string of the molecule is CC(C)CC(NC(=O)C(CO)NC(=O)C(CCC(N)=O)NC(=O)[C@@H](N)C1CCCCC1)C(=O)OCc1ccccc1. The van der Waals surface area contributed by atoms with E-state index in [0.717, 1.165) is 37.7 Å². The minimum atomic E-state index is -1.43. The van der Waals surface area contributed by atoms with E-state index in [2.05, 4.69) is 16.0 Å². The number of carbonyl (C=O) groups is 5. The molecule has 0 radical (unpaired) electrons. The quantitative estimate of drug-likeness (QED) is 0.152. The Morgan fingerprint density at radius 2 is 1.49 bits per heavy atom. The summed E-state index contributed by atoms with van der Waals surface area (Å²) in [5.41, 5.74) is 12.2. The zero-order valence-corrected chi connectivity index (χ0v) is 24.0. The number of nitrogens with two attached hydrogens (primary N) is 2. The van der Waals surface area contributed by atoms with Crippen LogP contribution in [0.3, 0.4) is 0 Å². The topological polar surface area (TPSA) is 203 Å². The van der Waals surface area contributed by atoms with Crippen LogP contribution in [0.1, 0.15) is 70.8 Å². The second-order valence-electron chi connectivity index (χ2n) is 11.0. The molecule has 41 heavy (non-hydrogen) atoms. The smallest absolute Gasteiger partial charge is 0.328 e. The summed E-state index contributed by atoms with van der Waals surface area (Å²) in [6, 6.07) is 4.58. The molecule has 4 amide bonds. The van der Waals surface area contributed by atoms with Gasteiger partial charge in [0.05, 0.1) is 12.6 Å². The van der Waals surface area contributed by atoms with Crippen LogP contribution >= 0.6 is 0 Å². The molecule has 0 aliphatic heterocycles. The van der Waals surface area contributed by atoms with Crippen LogP contribution in [0.25, 0.3) is 0 Å². The predicted molar refractivity (Wildman–Crippen MR) is 152 cm³/mol. The van der Waals surface area contributed by atoms with Gasteiger partial charge in [0.15, 0.2) is 0 Å². The van der Waals surface area contributed by atoms with Gasteiger partial charge in [-0.2, -0.15) is 0 Å². The van der Waals surface area contributed by atoms with Crippen molar-refractivity contribution in [3.63, 3.8) is 0 Å². The summed E-state index contributed by atoms with van der Waals surface area (Å²) in [4.78, 5) is 63.2. The molecule has 1 saturated carbocycles. The van der Waals surface area contributed by atoms with E-state index in [1.807, 2.05) is 32.0 Å². The highest BCUT2D eigenvalue weighted by Gasteiger charge is 2.33. The van der Waals surface area contributed by atoms with Crippen molar-refractivity contribution in [2.24, 2.45) is 23.3 Å². The normalized spacial score (nSPS) is 16.6. The maximum absolute atomic E-state index is 13.1. The molecule has 0 bridgehead atoms. The highest BCUT2D eigenvalue weighted by molar-refractivity contribution is 5.94. The van der Waals surface area contributed by atoms with Crippen molar-refractivity contribution >= 4 is 29.6 Å². The lowest BCUT2D eigenvalue weighted by atomic mass is 9.84. The molecule has 4 atom stereocenters. The van der Waals surface area contributed by atoms with E-state index in [4.69, 9.17) is 16.2 Å². The van der Waals surface area contributed by atoms with Crippen LogP contribution in [0.2, 0.25) is 0 Å². The minimum absolute atomic E-state index is 0.0147. The average Bonchev–Trinajstić information content (AvgIpc) is 2.96. The molecule has 12 heteroatoms. The Morgan fingerprint density at radius 1 is 0.902 bits per heavy atom. The van der Waals surface area contributed by atoms with Crippen LogP contribution in [0, 0.1) is 11.8 Å². The summed E-state index contributed by atoms with van der Waals surface area (Å²) in [7, 11) is 0. The first kappa shape index (κ1) is 33.7. The predicted octanol–water partition coefficient (Wildman–Crippen LogP) is 0.396. The number of hydrogen-bond donors (Lipinski definition) is 6. The van der Waals surface area contributed by atoms with Crippen LogP contribution in [0.5, 0.6) is 0 Å². The Bertz CT molecular complexity index is 1010. The van der Waals surface area contributed by atoms with Gasteiger partial charge >= 0.3 is 5.97 Å². The molecule has 0 aromatic heterocycles. The summed E-state index contributed by atoms with van der Waals surface area (Å²) in [6.45, 7) is 3.00. The first-order chi connectivity index (χ1) is 19.5. The highest BCUT2D eigenvalue weighted by atomic mass is 16.5. The third kappa shape index (κ3) is 11.9. The van der Waals surface area contributed by atoms with Crippen molar-refractivity contribution in [2.75, 3.05) is 6.61 Å².